The summed E-state index contributed by atoms with van der Waals surface area (Å²) in [5, 5.41) is 13.3. The minimum atomic E-state index is -0.855. The first kappa shape index (κ1) is 9.24. The normalized spacial score (nSPS) is 16.6. The molecule has 1 saturated carbocycles. The van der Waals surface area contributed by atoms with Gasteiger partial charge in [-0.05, 0) is 19.8 Å². The summed E-state index contributed by atoms with van der Waals surface area (Å²) in [4.78, 5) is 10.9. The standard InChI is InChI=1S/C10H14N2O2/c1-2-12-6-8(10(13)14)9(11-12)7-4-3-5-7/h6-7H,2-5H2,1H3,(H,13,14). The number of aryl methyl sites for hydroxylation is 1. The second-order valence-corrected chi connectivity index (χ2v) is 3.72. The van der Waals surface area contributed by atoms with E-state index in [2.05, 4.69) is 5.10 Å². The van der Waals surface area contributed by atoms with Crippen LogP contribution in [0.2, 0.25) is 0 Å². The molecule has 0 spiro atoms. The SMILES string of the molecule is CCn1cc(C(=O)O)c(C2CCC2)n1. The fourth-order valence-corrected chi connectivity index (χ4v) is 1.75. The van der Waals surface area contributed by atoms with Gasteiger partial charge in [-0.25, -0.2) is 4.79 Å². The largest absolute Gasteiger partial charge is 0.478 e. The van der Waals surface area contributed by atoms with E-state index >= 15 is 0 Å². The van der Waals surface area contributed by atoms with Crippen LogP contribution in [0, 0.1) is 0 Å². The topological polar surface area (TPSA) is 55.1 Å². The summed E-state index contributed by atoms with van der Waals surface area (Å²) in [6, 6.07) is 0. The Morgan fingerprint density at radius 2 is 2.43 bits per heavy atom. The van der Waals surface area contributed by atoms with E-state index in [1.54, 1.807) is 10.9 Å². The maximum atomic E-state index is 10.9. The lowest BCUT2D eigenvalue weighted by atomic mass is 9.82. The molecule has 4 nitrogen and oxygen atoms in total. The molecule has 0 amide bonds. The first-order valence-electron chi connectivity index (χ1n) is 5.03. The van der Waals surface area contributed by atoms with Gasteiger partial charge in [0, 0.05) is 18.7 Å². The number of carbonyl (C=O) groups is 1. The van der Waals surface area contributed by atoms with Crippen molar-refractivity contribution in [1.82, 2.24) is 9.78 Å². The van der Waals surface area contributed by atoms with Crippen LogP contribution in [0.25, 0.3) is 0 Å². The molecule has 0 bridgehead atoms. The molecule has 0 aliphatic heterocycles. The molecule has 0 radical (unpaired) electrons. The molecule has 0 atom stereocenters. The van der Waals surface area contributed by atoms with Crippen molar-refractivity contribution in [3.8, 4) is 0 Å². The number of hydrogen-bond donors (Lipinski definition) is 1. The average molecular weight is 194 g/mol. The third-order valence-corrected chi connectivity index (χ3v) is 2.84. The molecule has 76 valence electrons. The van der Waals surface area contributed by atoms with Crippen molar-refractivity contribution in [2.24, 2.45) is 0 Å². The van der Waals surface area contributed by atoms with Gasteiger partial charge in [-0.3, -0.25) is 4.68 Å². The Morgan fingerprint density at radius 1 is 1.71 bits per heavy atom. The maximum absolute atomic E-state index is 10.9. The molecule has 0 saturated heterocycles. The summed E-state index contributed by atoms with van der Waals surface area (Å²) in [5.74, 6) is -0.472. The number of nitrogens with zero attached hydrogens (tertiary/aromatic N) is 2. The van der Waals surface area contributed by atoms with Crippen LogP contribution in [-0.4, -0.2) is 20.9 Å². The van der Waals surface area contributed by atoms with Gasteiger partial charge >= 0.3 is 5.97 Å². The predicted molar refractivity (Wildman–Crippen MR) is 51.5 cm³/mol. The highest BCUT2D eigenvalue weighted by Crippen LogP contribution is 2.37. The number of carboxylic acids is 1. The van der Waals surface area contributed by atoms with Gasteiger partial charge in [0.2, 0.25) is 0 Å². The van der Waals surface area contributed by atoms with E-state index in [0.29, 0.717) is 11.5 Å². The van der Waals surface area contributed by atoms with Crippen molar-refractivity contribution < 1.29 is 9.90 Å². The summed E-state index contributed by atoms with van der Waals surface area (Å²) in [6.07, 6.45) is 5.00. The van der Waals surface area contributed by atoms with E-state index in [9.17, 15) is 4.79 Å². The molecule has 1 aromatic rings. The zero-order valence-electron chi connectivity index (χ0n) is 8.23. The molecule has 1 heterocycles. The van der Waals surface area contributed by atoms with Crippen LogP contribution >= 0.6 is 0 Å². The number of hydrogen-bond acceptors (Lipinski definition) is 2. The minimum absolute atomic E-state index is 0.383. The Labute approximate surface area is 82.5 Å². The van der Waals surface area contributed by atoms with Crippen molar-refractivity contribution >= 4 is 5.97 Å². The molecule has 0 unspecified atom stereocenters. The van der Waals surface area contributed by atoms with E-state index in [4.69, 9.17) is 5.11 Å². The van der Waals surface area contributed by atoms with Crippen molar-refractivity contribution in [2.45, 2.75) is 38.6 Å². The van der Waals surface area contributed by atoms with E-state index in [1.165, 1.54) is 6.42 Å². The number of carboxylic acid groups (broad SMARTS) is 1. The van der Waals surface area contributed by atoms with Crippen LogP contribution in [0.5, 0.6) is 0 Å². The molecule has 2 rings (SSSR count). The third-order valence-electron chi connectivity index (χ3n) is 2.84. The molecule has 0 aromatic carbocycles. The predicted octanol–water partition coefficient (Wildman–Crippen LogP) is 1.87. The van der Waals surface area contributed by atoms with Crippen LogP contribution in [0.1, 0.15) is 48.2 Å². The molecular weight excluding hydrogens is 180 g/mol. The zero-order chi connectivity index (χ0) is 10.1. The molecule has 14 heavy (non-hydrogen) atoms. The van der Waals surface area contributed by atoms with Crippen LogP contribution in [-0.2, 0) is 6.54 Å². The Hall–Kier alpha value is -1.32. The first-order valence-corrected chi connectivity index (χ1v) is 5.03. The number of aromatic nitrogens is 2. The summed E-state index contributed by atoms with van der Waals surface area (Å²) in [7, 11) is 0. The Kier molecular flexibility index (Phi) is 2.27. The van der Waals surface area contributed by atoms with E-state index in [1.807, 2.05) is 6.92 Å². The molecule has 1 aliphatic rings. The van der Waals surface area contributed by atoms with Crippen molar-refractivity contribution in [3.63, 3.8) is 0 Å². The number of rotatable bonds is 3. The fourth-order valence-electron chi connectivity index (χ4n) is 1.75. The van der Waals surface area contributed by atoms with Gasteiger partial charge in [-0.2, -0.15) is 5.10 Å². The molecule has 1 aliphatic carbocycles. The Morgan fingerprint density at radius 3 is 2.86 bits per heavy atom. The second kappa shape index (κ2) is 3.44. The van der Waals surface area contributed by atoms with Crippen molar-refractivity contribution in [2.75, 3.05) is 0 Å². The molecule has 4 heteroatoms. The zero-order valence-corrected chi connectivity index (χ0v) is 8.23. The van der Waals surface area contributed by atoms with Gasteiger partial charge < -0.3 is 5.11 Å². The van der Waals surface area contributed by atoms with Crippen molar-refractivity contribution in [3.05, 3.63) is 17.5 Å². The Balaban J connectivity index is 2.34. The van der Waals surface area contributed by atoms with Gasteiger partial charge in [0.25, 0.3) is 0 Å². The van der Waals surface area contributed by atoms with Crippen LogP contribution in [0.4, 0.5) is 0 Å². The lowest BCUT2D eigenvalue weighted by Gasteiger charge is -2.23. The van der Waals surface area contributed by atoms with Gasteiger partial charge in [-0.1, -0.05) is 6.42 Å². The quantitative estimate of drug-likeness (QED) is 0.799. The molecule has 1 N–H and O–H groups in total. The van der Waals surface area contributed by atoms with Gasteiger partial charge in [0.1, 0.15) is 5.56 Å². The molecule has 1 fully saturated rings. The van der Waals surface area contributed by atoms with E-state index < -0.39 is 5.97 Å². The maximum Gasteiger partial charge on any atom is 0.339 e. The fraction of sp³-hybridized carbons (Fsp3) is 0.600. The Bertz CT molecular complexity index is 353. The average Bonchev–Trinajstić information content (AvgIpc) is 2.45. The summed E-state index contributed by atoms with van der Waals surface area (Å²) >= 11 is 0. The lowest BCUT2D eigenvalue weighted by molar-refractivity contribution is 0.0694. The van der Waals surface area contributed by atoms with Crippen LogP contribution in [0.3, 0.4) is 0 Å². The van der Waals surface area contributed by atoms with Gasteiger partial charge in [0.15, 0.2) is 0 Å². The van der Waals surface area contributed by atoms with Gasteiger partial charge in [0.05, 0.1) is 5.69 Å². The highest BCUT2D eigenvalue weighted by Gasteiger charge is 2.27. The first-order chi connectivity index (χ1) is 6.72. The number of aromatic carboxylic acids is 1. The van der Waals surface area contributed by atoms with E-state index in [-0.39, 0.29) is 0 Å². The minimum Gasteiger partial charge on any atom is -0.478 e. The highest BCUT2D eigenvalue weighted by atomic mass is 16.4. The van der Waals surface area contributed by atoms with Crippen LogP contribution < -0.4 is 0 Å². The monoisotopic (exact) mass is 194 g/mol. The van der Waals surface area contributed by atoms with Crippen LogP contribution in [0.15, 0.2) is 6.20 Å². The molecular formula is C10H14N2O2. The lowest BCUT2D eigenvalue weighted by Crippen LogP contribution is -2.13. The second-order valence-electron chi connectivity index (χ2n) is 3.72. The summed E-state index contributed by atoms with van der Waals surface area (Å²) in [6.45, 7) is 2.69. The molecule has 1 aromatic heterocycles. The summed E-state index contributed by atoms with van der Waals surface area (Å²) < 4.78 is 1.71. The summed E-state index contributed by atoms with van der Waals surface area (Å²) in [5.41, 5.74) is 1.17. The third kappa shape index (κ3) is 1.41. The van der Waals surface area contributed by atoms with Gasteiger partial charge in [-0.15, -0.1) is 0 Å². The van der Waals surface area contributed by atoms with E-state index in [0.717, 1.165) is 25.1 Å². The smallest absolute Gasteiger partial charge is 0.339 e. The van der Waals surface area contributed by atoms with Crippen molar-refractivity contribution in [1.29, 1.82) is 0 Å². The highest BCUT2D eigenvalue weighted by molar-refractivity contribution is 5.88.